The number of amides is 1. The Kier molecular flexibility index (Phi) is 6.94. The van der Waals surface area contributed by atoms with E-state index in [9.17, 15) is 17.6 Å². The number of carbonyl (C=O) groups excluding carboxylic acids is 1. The van der Waals surface area contributed by atoms with E-state index in [-0.39, 0.29) is 40.6 Å². The summed E-state index contributed by atoms with van der Waals surface area (Å²) in [5, 5.41) is 8.19. The molecule has 0 aliphatic carbocycles. The lowest BCUT2D eigenvalue weighted by atomic mass is 10.1. The average Bonchev–Trinajstić information content (AvgIpc) is 2.45. The van der Waals surface area contributed by atoms with Crippen LogP contribution in [-0.4, -0.2) is 18.9 Å². The Hall–Kier alpha value is -1.90. The van der Waals surface area contributed by atoms with Crippen LogP contribution in [-0.2, 0) is 23.0 Å². The molecule has 3 N–H and O–H groups in total. The summed E-state index contributed by atoms with van der Waals surface area (Å²) in [5.41, 5.74) is 5.63. The van der Waals surface area contributed by atoms with Crippen LogP contribution in [0.25, 0.3) is 0 Å². The van der Waals surface area contributed by atoms with Crippen molar-refractivity contribution in [1.29, 1.82) is 5.41 Å². The fourth-order valence-electron chi connectivity index (χ4n) is 2.11. The van der Waals surface area contributed by atoms with Crippen molar-refractivity contribution in [2.75, 3.05) is 0 Å². The van der Waals surface area contributed by atoms with Crippen LogP contribution in [0.4, 0.5) is 4.39 Å². The van der Waals surface area contributed by atoms with E-state index in [1.165, 1.54) is 29.0 Å². The quantitative estimate of drug-likeness (QED) is 0.669. The normalized spacial score (nSPS) is 10.5. The van der Waals surface area contributed by atoms with Gasteiger partial charge in [-0.05, 0) is 17.7 Å². The molecule has 0 atom stereocenters. The fraction of sp³-hybridized carbons (Fsp3) is 0.143. The molecule has 0 spiro atoms. The monoisotopic (exact) mass is 393 g/mol. The number of primary amides is 1. The highest BCUT2D eigenvalue weighted by Gasteiger charge is 2.10. The molecular formula is C14H14Cl2FN3O3S. The molecule has 10 heteroatoms. The van der Waals surface area contributed by atoms with Crippen molar-refractivity contribution in [3.05, 3.63) is 63.5 Å². The Morgan fingerprint density at radius 2 is 2.00 bits per heavy atom. The standard InChI is InChI=1S/C14H13ClFN3O3S.ClH/c15-10-4-11(14(18)20)13(17)19(6-10)5-8-1-2-12(16)9(3-8)7-23(21)22;/h1-4,6,17,23H,5,7H2,(H2,18,20);1H. The Morgan fingerprint density at radius 3 is 2.58 bits per heavy atom. The molecule has 0 unspecified atom stereocenters. The summed E-state index contributed by atoms with van der Waals surface area (Å²) in [5.74, 6) is -1.81. The second-order valence-corrected chi connectivity index (χ2v) is 6.25. The number of benzene rings is 1. The molecule has 24 heavy (non-hydrogen) atoms. The summed E-state index contributed by atoms with van der Waals surface area (Å²) < 4.78 is 36.5. The van der Waals surface area contributed by atoms with Gasteiger partial charge in [-0.15, -0.1) is 12.4 Å². The molecule has 2 aromatic rings. The lowest BCUT2D eigenvalue weighted by Crippen LogP contribution is -2.29. The average molecular weight is 394 g/mol. The molecule has 0 aliphatic heterocycles. The maximum absolute atomic E-state index is 13.6. The van der Waals surface area contributed by atoms with E-state index < -0.39 is 28.2 Å². The van der Waals surface area contributed by atoms with Crippen molar-refractivity contribution in [1.82, 2.24) is 4.57 Å². The van der Waals surface area contributed by atoms with E-state index in [1.807, 2.05) is 0 Å². The fourth-order valence-corrected chi connectivity index (χ4v) is 2.85. The van der Waals surface area contributed by atoms with Gasteiger partial charge in [0.25, 0.3) is 5.91 Å². The highest BCUT2D eigenvalue weighted by molar-refractivity contribution is 7.71. The highest BCUT2D eigenvalue weighted by atomic mass is 35.5. The van der Waals surface area contributed by atoms with E-state index >= 15 is 0 Å². The van der Waals surface area contributed by atoms with Gasteiger partial charge in [-0.3, -0.25) is 10.2 Å². The van der Waals surface area contributed by atoms with Crippen molar-refractivity contribution in [3.8, 4) is 0 Å². The number of nitrogens with zero attached hydrogens (tertiary/aromatic N) is 1. The summed E-state index contributed by atoms with van der Waals surface area (Å²) in [6.07, 6.45) is 1.44. The Labute approximate surface area is 149 Å². The van der Waals surface area contributed by atoms with Gasteiger partial charge >= 0.3 is 0 Å². The lowest BCUT2D eigenvalue weighted by Gasteiger charge is -2.11. The number of carbonyl (C=O) groups is 1. The first-order valence-corrected chi connectivity index (χ1v) is 8.15. The van der Waals surface area contributed by atoms with Crippen molar-refractivity contribution in [3.63, 3.8) is 0 Å². The third kappa shape index (κ3) is 4.80. The predicted octanol–water partition coefficient (Wildman–Crippen LogP) is 1.44. The van der Waals surface area contributed by atoms with Crippen molar-refractivity contribution < 1.29 is 17.6 Å². The predicted molar refractivity (Wildman–Crippen MR) is 90.6 cm³/mol. The lowest BCUT2D eigenvalue weighted by molar-refractivity contribution is 0.0997. The number of rotatable bonds is 5. The van der Waals surface area contributed by atoms with E-state index in [0.717, 1.165) is 6.07 Å². The van der Waals surface area contributed by atoms with Crippen LogP contribution in [0.15, 0.2) is 30.5 Å². The molecule has 0 aliphatic rings. The smallest absolute Gasteiger partial charge is 0.252 e. The second kappa shape index (κ2) is 8.27. The van der Waals surface area contributed by atoms with Gasteiger partial charge in [0.2, 0.25) is 0 Å². The van der Waals surface area contributed by atoms with Gasteiger partial charge < -0.3 is 10.3 Å². The van der Waals surface area contributed by atoms with E-state index in [1.54, 1.807) is 0 Å². The van der Waals surface area contributed by atoms with Gasteiger partial charge in [0.05, 0.1) is 16.3 Å². The largest absolute Gasteiger partial charge is 0.365 e. The van der Waals surface area contributed by atoms with Crippen LogP contribution in [0.5, 0.6) is 0 Å². The van der Waals surface area contributed by atoms with Gasteiger partial charge in [0.15, 0.2) is 0 Å². The van der Waals surface area contributed by atoms with Gasteiger partial charge in [0, 0.05) is 18.3 Å². The van der Waals surface area contributed by atoms with Crippen molar-refractivity contribution in [2.24, 2.45) is 5.73 Å². The molecule has 1 aromatic carbocycles. The highest BCUT2D eigenvalue weighted by Crippen LogP contribution is 2.14. The van der Waals surface area contributed by atoms with Crippen LogP contribution >= 0.6 is 24.0 Å². The molecule has 2 rings (SSSR count). The third-order valence-corrected chi connectivity index (χ3v) is 3.94. The number of nitrogens with two attached hydrogens (primary N) is 1. The van der Waals surface area contributed by atoms with Gasteiger partial charge in [0.1, 0.15) is 22.0 Å². The first-order chi connectivity index (χ1) is 10.8. The van der Waals surface area contributed by atoms with Crippen LogP contribution in [0.1, 0.15) is 21.5 Å². The Bertz CT molecular complexity index is 905. The molecule has 1 heterocycles. The second-order valence-electron chi connectivity index (χ2n) is 4.83. The summed E-state index contributed by atoms with van der Waals surface area (Å²) in [7, 11) is -2.76. The van der Waals surface area contributed by atoms with Crippen molar-refractivity contribution >= 4 is 40.6 Å². The van der Waals surface area contributed by atoms with Gasteiger partial charge in [-0.1, -0.05) is 23.7 Å². The number of thiol groups is 1. The maximum Gasteiger partial charge on any atom is 0.252 e. The number of nitrogens with one attached hydrogen (secondary N) is 1. The first-order valence-electron chi connectivity index (χ1n) is 6.41. The molecular weight excluding hydrogens is 380 g/mol. The molecule has 0 saturated carbocycles. The minimum atomic E-state index is -2.76. The van der Waals surface area contributed by atoms with Gasteiger partial charge in [-0.2, -0.15) is 0 Å². The molecule has 130 valence electrons. The minimum absolute atomic E-state index is 0. The topological polar surface area (TPSA) is 106 Å². The van der Waals surface area contributed by atoms with Crippen LogP contribution < -0.4 is 11.2 Å². The number of pyridine rings is 1. The number of aromatic nitrogens is 1. The van der Waals surface area contributed by atoms with Crippen molar-refractivity contribution in [2.45, 2.75) is 12.3 Å². The van der Waals surface area contributed by atoms with Gasteiger partial charge in [-0.25, -0.2) is 12.8 Å². The van der Waals surface area contributed by atoms with E-state index in [0.29, 0.717) is 5.56 Å². The molecule has 0 radical (unpaired) electrons. The summed E-state index contributed by atoms with van der Waals surface area (Å²) in [6, 6.07) is 5.32. The van der Waals surface area contributed by atoms with Crippen LogP contribution in [0.3, 0.4) is 0 Å². The van der Waals surface area contributed by atoms with Crippen LogP contribution in [0.2, 0.25) is 5.02 Å². The van der Waals surface area contributed by atoms with E-state index in [4.69, 9.17) is 22.7 Å². The molecule has 1 amide bonds. The third-order valence-electron chi connectivity index (χ3n) is 3.13. The summed E-state index contributed by atoms with van der Waals surface area (Å²) in [6.45, 7) is 0.114. The molecule has 6 nitrogen and oxygen atoms in total. The van der Waals surface area contributed by atoms with E-state index in [2.05, 4.69) is 0 Å². The number of hydrogen-bond donors (Lipinski definition) is 3. The SMILES string of the molecule is Cl.N=c1c(C(N)=O)cc(Cl)cn1Cc1ccc(F)c(C[SH](=O)=O)c1. The number of halogens is 3. The molecule has 1 aromatic heterocycles. The molecule has 0 saturated heterocycles. The Morgan fingerprint density at radius 1 is 1.33 bits per heavy atom. The summed E-state index contributed by atoms with van der Waals surface area (Å²) >= 11 is 5.91. The zero-order valence-corrected chi connectivity index (χ0v) is 14.6. The molecule has 0 fully saturated rings. The Balaban J connectivity index is 0.00000288. The number of hydrogen-bond acceptors (Lipinski definition) is 4. The first kappa shape index (κ1) is 20.1. The minimum Gasteiger partial charge on any atom is -0.365 e. The molecule has 0 bridgehead atoms. The summed E-state index contributed by atoms with van der Waals surface area (Å²) in [4.78, 5) is 11.3. The maximum atomic E-state index is 13.6. The zero-order valence-electron chi connectivity index (χ0n) is 12.2. The van der Waals surface area contributed by atoms with Crippen LogP contribution in [0, 0.1) is 11.2 Å². The zero-order chi connectivity index (χ0) is 17.1.